The Morgan fingerprint density at radius 2 is 1.93 bits per heavy atom. The van der Waals surface area contributed by atoms with Crippen molar-refractivity contribution < 1.29 is 4.79 Å². The van der Waals surface area contributed by atoms with Crippen LogP contribution in [0.1, 0.15) is 36.2 Å². The molecule has 2 aromatic rings. The maximum Gasteiger partial charge on any atom is 0.254 e. The van der Waals surface area contributed by atoms with Crippen molar-refractivity contribution in [1.29, 1.82) is 0 Å². The molecule has 0 bridgehead atoms. The summed E-state index contributed by atoms with van der Waals surface area (Å²) in [7, 11) is 0. The summed E-state index contributed by atoms with van der Waals surface area (Å²) in [6, 6.07) is 7.40. The van der Waals surface area contributed by atoms with Crippen molar-refractivity contribution >= 4 is 35.3 Å². The number of piperidine rings is 1. The van der Waals surface area contributed by atoms with E-state index in [1.54, 1.807) is 18.3 Å². The number of nitrogens with zero attached hydrogens (tertiary/aromatic N) is 3. The lowest BCUT2D eigenvalue weighted by molar-refractivity contribution is -0.122. The molecule has 1 aliphatic rings. The van der Waals surface area contributed by atoms with Crippen LogP contribution in [0, 0.1) is 13.8 Å². The van der Waals surface area contributed by atoms with Gasteiger partial charge < -0.3 is 4.57 Å². The quantitative estimate of drug-likeness (QED) is 0.592. The molecule has 0 spiro atoms. The van der Waals surface area contributed by atoms with Crippen molar-refractivity contribution in [1.82, 2.24) is 14.9 Å². The SMILES string of the molecule is Cc1cc(/C=N/NC(=O)CN2CCCCC2)c(C)n1-c1cc(Cl)ccc1Cl. The van der Waals surface area contributed by atoms with Crippen LogP contribution in [0.25, 0.3) is 5.69 Å². The summed E-state index contributed by atoms with van der Waals surface area (Å²) in [5.41, 5.74) is 6.36. The Bertz CT molecular complexity index is 854. The molecule has 5 nitrogen and oxygen atoms in total. The highest BCUT2D eigenvalue weighted by Gasteiger charge is 2.14. The number of hydrogen-bond acceptors (Lipinski definition) is 3. The lowest BCUT2D eigenvalue weighted by Crippen LogP contribution is -2.38. The molecule has 1 saturated heterocycles. The van der Waals surface area contributed by atoms with Gasteiger partial charge in [-0.3, -0.25) is 9.69 Å². The summed E-state index contributed by atoms with van der Waals surface area (Å²) in [4.78, 5) is 14.2. The van der Waals surface area contributed by atoms with Crippen LogP contribution in [0.15, 0.2) is 29.4 Å². The van der Waals surface area contributed by atoms with Crippen LogP contribution in [-0.4, -0.2) is 41.2 Å². The van der Waals surface area contributed by atoms with E-state index >= 15 is 0 Å². The minimum atomic E-state index is -0.0835. The second-order valence-electron chi connectivity index (χ2n) is 6.89. The van der Waals surface area contributed by atoms with Crippen LogP contribution in [0.2, 0.25) is 10.0 Å². The van der Waals surface area contributed by atoms with Gasteiger partial charge in [0, 0.05) is 22.0 Å². The Morgan fingerprint density at radius 3 is 2.67 bits per heavy atom. The van der Waals surface area contributed by atoms with Crippen LogP contribution in [0.3, 0.4) is 0 Å². The van der Waals surface area contributed by atoms with Crippen LogP contribution >= 0.6 is 23.2 Å². The molecule has 3 rings (SSSR count). The normalized spacial score (nSPS) is 15.4. The van der Waals surface area contributed by atoms with Gasteiger partial charge in [0.05, 0.1) is 23.5 Å². The van der Waals surface area contributed by atoms with Crippen molar-refractivity contribution in [2.24, 2.45) is 5.10 Å². The second kappa shape index (κ2) is 8.91. The molecule has 1 fully saturated rings. The number of aryl methyl sites for hydroxylation is 1. The predicted molar refractivity (Wildman–Crippen MR) is 111 cm³/mol. The number of benzene rings is 1. The molecule has 0 radical (unpaired) electrons. The Labute approximate surface area is 169 Å². The first-order valence-corrected chi connectivity index (χ1v) is 9.90. The van der Waals surface area contributed by atoms with Crippen molar-refractivity contribution in [2.45, 2.75) is 33.1 Å². The van der Waals surface area contributed by atoms with E-state index in [1.165, 1.54) is 6.42 Å². The standard InChI is InChI=1S/C20H24Cl2N4O/c1-14-10-16(12-23-24-20(27)13-25-8-4-3-5-9-25)15(2)26(14)19-11-17(21)6-7-18(19)22/h6-7,10-12H,3-5,8-9,13H2,1-2H3,(H,24,27)/b23-12+. The van der Waals surface area contributed by atoms with Crippen molar-refractivity contribution in [2.75, 3.05) is 19.6 Å². The van der Waals surface area contributed by atoms with Gasteiger partial charge in [0.15, 0.2) is 0 Å². The summed E-state index contributed by atoms with van der Waals surface area (Å²) in [5.74, 6) is -0.0835. The average molecular weight is 407 g/mol. The number of carbonyl (C=O) groups excluding carboxylic acids is 1. The Kier molecular flexibility index (Phi) is 6.58. The van der Waals surface area contributed by atoms with E-state index in [0.717, 1.165) is 48.6 Å². The molecule has 27 heavy (non-hydrogen) atoms. The number of nitrogens with one attached hydrogen (secondary N) is 1. The molecule has 0 atom stereocenters. The van der Waals surface area contributed by atoms with Crippen molar-refractivity contribution in [3.8, 4) is 5.69 Å². The molecule has 0 saturated carbocycles. The summed E-state index contributed by atoms with van der Waals surface area (Å²) in [6.45, 7) is 6.35. The highest BCUT2D eigenvalue weighted by Crippen LogP contribution is 2.28. The molecule has 1 aromatic heterocycles. The number of aromatic nitrogens is 1. The van der Waals surface area contributed by atoms with Crippen LogP contribution < -0.4 is 5.43 Å². The Balaban J connectivity index is 1.70. The van der Waals surface area contributed by atoms with Crippen molar-refractivity contribution in [3.63, 3.8) is 0 Å². The van der Waals surface area contributed by atoms with Crippen molar-refractivity contribution in [3.05, 3.63) is 51.3 Å². The van der Waals surface area contributed by atoms with E-state index < -0.39 is 0 Å². The lowest BCUT2D eigenvalue weighted by atomic mass is 10.1. The van der Waals surface area contributed by atoms with Gasteiger partial charge in [-0.15, -0.1) is 0 Å². The molecule has 1 amide bonds. The van der Waals surface area contributed by atoms with E-state index in [0.29, 0.717) is 16.6 Å². The monoisotopic (exact) mass is 406 g/mol. The molecule has 0 unspecified atom stereocenters. The van der Waals surface area contributed by atoms with Gasteiger partial charge in [-0.05, 0) is 64.0 Å². The van der Waals surface area contributed by atoms with Gasteiger partial charge in [0.25, 0.3) is 5.91 Å². The summed E-state index contributed by atoms with van der Waals surface area (Å²) in [6.07, 6.45) is 5.25. The zero-order valence-corrected chi connectivity index (χ0v) is 17.1. The summed E-state index contributed by atoms with van der Waals surface area (Å²) >= 11 is 12.5. The summed E-state index contributed by atoms with van der Waals surface area (Å²) < 4.78 is 2.03. The first-order chi connectivity index (χ1) is 13.0. The van der Waals surface area contributed by atoms with Gasteiger partial charge >= 0.3 is 0 Å². The van der Waals surface area contributed by atoms with E-state index in [2.05, 4.69) is 15.4 Å². The zero-order valence-electron chi connectivity index (χ0n) is 15.6. The molecule has 7 heteroatoms. The van der Waals surface area contributed by atoms with Crippen LogP contribution in [-0.2, 0) is 4.79 Å². The molecule has 144 valence electrons. The number of carbonyl (C=O) groups is 1. The number of likely N-dealkylation sites (tertiary alicyclic amines) is 1. The Morgan fingerprint density at radius 1 is 1.19 bits per heavy atom. The Hall–Kier alpha value is -1.82. The highest BCUT2D eigenvalue weighted by molar-refractivity contribution is 6.34. The minimum absolute atomic E-state index is 0.0835. The smallest absolute Gasteiger partial charge is 0.254 e. The number of amides is 1. The highest BCUT2D eigenvalue weighted by atomic mass is 35.5. The molecular formula is C20H24Cl2N4O. The lowest BCUT2D eigenvalue weighted by Gasteiger charge is -2.25. The van der Waals surface area contributed by atoms with Gasteiger partial charge in [-0.2, -0.15) is 5.10 Å². The van der Waals surface area contributed by atoms with Gasteiger partial charge in [-0.1, -0.05) is 29.6 Å². The molecule has 1 aliphatic heterocycles. The van der Waals surface area contributed by atoms with Crippen LogP contribution in [0.4, 0.5) is 0 Å². The largest absolute Gasteiger partial charge is 0.316 e. The predicted octanol–water partition coefficient (Wildman–Crippen LogP) is 4.34. The third kappa shape index (κ3) is 4.92. The minimum Gasteiger partial charge on any atom is -0.316 e. The number of halogens is 2. The van der Waals surface area contributed by atoms with Gasteiger partial charge in [-0.25, -0.2) is 5.43 Å². The van der Waals surface area contributed by atoms with Gasteiger partial charge in [0.2, 0.25) is 0 Å². The fourth-order valence-electron chi connectivity index (χ4n) is 3.48. The van der Waals surface area contributed by atoms with E-state index in [-0.39, 0.29) is 5.91 Å². The number of hydrogen-bond donors (Lipinski definition) is 1. The fraction of sp³-hybridized carbons (Fsp3) is 0.400. The van der Waals surface area contributed by atoms with E-state index in [1.807, 2.05) is 30.5 Å². The van der Waals surface area contributed by atoms with Gasteiger partial charge in [0.1, 0.15) is 0 Å². The molecule has 0 aliphatic carbocycles. The molecule has 1 aromatic carbocycles. The second-order valence-corrected chi connectivity index (χ2v) is 7.73. The molecule has 2 heterocycles. The topological polar surface area (TPSA) is 49.6 Å². The zero-order chi connectivity index (χ0) is 19.4. The summed E-state index contributed by atoms with van der Waals surface area (Å²) in [5, 5.41) is 5.38. The maximum atomic E-state index is 12.1. The third-order valence-corrected chi connectivity index (χ3v) is 5.38. The molecule has 1 N–H and O–H groups in total. The third-order valence-electron chi connectivity index (χ3n) is 4.83. The average Bonchev–Trinajstić information content (AvgIpc) is 2.92. The van der Waals surface area contributed by atoms with E-state index in [4.69, 9.17) is 23.2 Å². The first kappa shape index (κ1) is 19.9. The van der Waals surface area contributed by atoms with Crippen LogP contribution in [0.5, 0.6) is 0 Å². The molecular weight excluding hydrogens is 383 g/mol. The number of hydrazone groups is 1. The van der Waals surface area contributed by atoms with E-state index in [9.17, 15) is 4.79 Å². The maximum absolute atomic E-state index is 12.1. The first-order valence-electron chi connectivity index (χ1n) is 9.14. The fourth-order valence-corrected chi connectivity index (χ4v) is 3.84. The number of rotatable bonds is 5.